The predicted octanol–water partition coefficient (Wildman–Crippen LogP) is 1.75. The third kappa shape index (κ3) is 4.39. The monoisotopic (exact) mass is 349 g/mol. The second kappa shape index (κ2) is 7.87. The summed E-state index contributed by atoms with van der Waals surface area (Å²) in [5.41, 5.74) is -0.0165. The van der Waals surface area contributed by atoms with Crippen LogP contribution in [0.25, 0.3) is 0 Å². The van der Waals surface area contributed by atoms with Crippen molar-refractivity contribution in [3.8, 4) is 0 Å². The van der Waals surface area contributed by atoms with Crippen LogP contribution in [0.1, 0.15) is 24.8 Å². The van der Waals surface area contributed by atoms with Crippen molar-refractivity contribution in [3.05, 3.63) is 33.9 Å². The summed E-state index contributed by atoms with van der Waals surface area (Å²) in [6, 6.07) is 4.56. The minimum atomic E-state index is -3.88. The van der Waals surface area contributed by atoms with Crippen molar-refractivity contribution in [1.29, 1.82) is 0 Å². The molecule has 9 heteroatoms. The summed E-state index contributed by atoms with van der Waals surface area (Å²) >= 11 is 0. The third-order valence-electron chi connectivity index (χ3n) is 3.60. The molecule has 1 fully saturated rings. The molecule has 1 aliphatic heterocycles. The second-order valence-corrected chi connectivity index (χ2v) is 6.86. The fourth-order valence-electron chi connectivity index (χ4n) is 2.57. The molecule has 0 amide bonds. The Morgan fingerprint density at radius 2 is 2.18 bits per heavy atom. The van der Waals surface area contributed by atoms with Crippen molar-refractivity contribution in [2.75, 3.05) is 13.1 Å². The van der Waals surface area contributed by atoms with Crippen LogP contribution in [0.4, 0.5) is 5.69 Å². The predicted molar refractivity (Wildman–Crippen MR) is 85.9 cm³/mol. The molecule has 1 aliphatic rings. The van der Waals surface area contributed by atoms with Gasteiger partial charge in [0.05, 0.1) is 4.92 Å². The zero-order valence-corrected chi connectivity index (χ0v) is 13.9. The Balaban J connectivity index is 0.00000242. The Morgan fingerprint density at radius 1 is 1.45 bits per heavy atom. The van der Waals surface area contributed by atoms with Gasteiger partial charge in [-0.3, -0.25) is 10.1 Å². The Morgan fingerprint density at radius 3 is 2.77 bits per heavy atom. The van der Waals surface area contributed by atoms with Crippen LogP contribution in [0.5, 0.6) is 0 Å². The van der Waals surface area contributed by atoms with E-state index in [9.17, 15) is 18.5 Å². The van der Waals surface area contributed by atoms with Gasteiger partial charge in [-0.05, 0) is 38.3 Å². The van der Waals surface area contributed by atoms with E-state index in [1.54, 1.807) is 13.0 Å². The molecular weight excluding hydrogens is 330 g/mol. The molecule has 7 nitrogen and oxygen atoms in total. The normalized spacial score (nSPS) is 18.0. The zero-order chi connectivity index (χ0) is 15.5. The van der Waals surface area contributed by atoms with Gasteiger partial charge in [0, 0.05) is 18.7 Å². The molecular formula is C13H20ClN3O4S. The molecule has 1 atom stereocenters. The largest absolute Gasteiger partial charge is 0.314 e. The van der Waals surface area contributed by atoms with Crippen LogP contribution >= 0.6 is 12.4 Å². The summed E-state index contributed by atoms with van der Waals surface area (Å²) in [4.78, 5) is 10.1. The van der Waals surface area contributed by atoms with E-state index in [2.05, 4.69) is 10.0 Å². The van der Waals surface area contributed by atoms with Gasteiger partial charge < -0.3 is 5.32 Å². The Kier molecular flexibility index (Phi) is 6.73. The topological polar surface area (TPSA) is 101 Å². The summed E-state index contributed by atoms with van der Waals surface area (Å²) < 4.78 is 27.1. The molecule has 124 valence electrons. The number of nitro groups is 1. The molecule has 0 spiro atoms. The molecule has 2 N–H and O–H groups in total. The van der Waals surface area contributed by atoms with Gasteiger partial charge in [0.15, 0.2) is 4.90 Å². The van der Waals surface area contributed by atoms with Crippen molar-refractivity contribution < 1.29 is 13.3 Å². The van der Waals surface area contributed by atoms with E-state index in [4.69, 9.17) is 0 Å². The number of halogens is 1. The number of rotatable bonds is 6. The molecule has 1 saturated heterocycles. The van der Waals surface area contributed by atoms with Crippen molar-refractivity contribution in [2.24, 2.45) is 0 Å². The van der Waals surface area contributed by atoms with Gasteiger partial charge in [-0.15, -0.1) is 12.4 Å². The molecule has 0 unspecified atom stereocenters. The average molecular weight is 350 g/mol. The molecule has 22 heavy (non-hydrogen) atoms. The van der Waals surface area contributed by atoms with Crippen molar-refractivity contribution >= 4 is 28.1 Å². The Labute approximate surface area is 136 Å². The van der Waals surface area contributed by atoms with E-state index in [1.165, 1.54) is 12.1 Å². The van der Waals surface area contributed by atoms with Gasteiger partial charge >= 0.3 is 0 Å². The van der Waals surface area contributed by atoms with Crippen LogP contribution in [0.15, 0.2) is 23.1 Å². The number of nitrogens with one attached hydrogen (secondary N) is 2. The van der Waals surface area contributed by atoms with Crippen LogP contribution in [0.3, 0.4) is 0 Å². The molecule has 0 saturated carbocycles. The number of hydrogen-bond donors (Lipinski definition) is 2. The zero-order valence-electron chi connectivity index (χ0n) is 12.2. The van der Waals surface area contributed by atoms with Gasteiger partial charge in [0.1, 0.15) is 0 Å². The molecule has 2 rings (SSSR count). The first-order valence-electron chi connectivity index (χ1n) is 6.89. The number of sulfonamides is 1. The van der Waals surface area contributed by atoms with Crippen molar-refractivity contribution in [3.63, 3.8) is 0 Å². The fourth-order valence-corrected chi connectivity index (χ4v) is 4.01. The molecule has 0 bridgehead atoms. The standard InChI is InChI=1S/C13H19N3O4S.ClH/c1-10-4-2-6-12(16(17)18)13(10)21(19,20)15-9-7-11-5-3-8-14-11;/h2,4,6,11,14-15H,3,5,7-9H2,1H3;1H/t11-;/m1./s1. The van der Waals surface area contributed by atoms with Gasteiger partial charge in [0.25, 0.3) is 5.69 Å². The summed E-state index contributed by atoms with van der Waals surface area (Å²) in [6.45, 7) is 2.78. The van der Waals surface area contributed by atoms with Crippen LogP contribution in [0, 0.1) is 17.0 Å². The first-order chi connectivity index (χ1) is 9.92. The minimum absolute atomic E-state index is 0. The quantitative estimate of drug-likeness (QED) is 0.601. The highest BCUT2D eigenvalue weighted by Crippen LogP contribution is 2.26. The first-order valence-corrected chi connectivity index (χ1v) is 8.37. The molecule has 0 radical (unpaired) electrons. The van der Waals surface area contributed by atoms with Crippen LogP contribution in [-0.4, -0.2) is 32.5 Å². The van der Waals surface area contributed by atoms with E-state index < -0.39 is 14.9 Å². The summed E-state index contributed by atoms with van der Waals surface area (Å²) in [7, 11) is -3.88. The van der Waals surface area contributed by atoms with E-state index >= 15 is 0 Å². The maximum atomic E-state index is 12.3. The minimum Gasteiger partial charge on any atom is -0.314 e. The average Bonchev–Trinajstić information content (AvgIpc) is 2.91. The highest BCUT2D eigenvalue weighted by molar-refractivity contribution is 7.89. The van der Waals surface area contributed by atoms with Gasteiger partial charge in [0.2, 0.25) is 10.0 Å². The van der Waals surface area contributed by atoms with Crippen LogP contribution in [-0.2, 0) is 10.0 Å². The SMILES string of the molecule is Cc1cccc([N+](=O)[O-])c1S(=O)(=O)NCC[C@H]1CCCN1.Cl. The molecule has 0 aliphatic carbocycles. The number of nitrogens with zero attached hydrogens (tertiary/aromatic N) is 1. The number of aryl methyl sites for hydroxylation is 1. The maximum Gasteiger partial charge on any atom is 0.289 e. The van der Waals surface area contributed by atoms with E-state index in [-0.39, 0.29) is 29.5 Å². The third-order valence-corrected chi connectivity index (χ3v) is 5.26. The van der Waals surface area contributed by atoms with Crippen molar-refractivity contribution in [1.82, 2.24) is 10.0 Å². The van der Waals surface area contributed by atoms with E-state index in [0.717, 1.165) is 19.4 Å². The highest BCUT2D eigenvalue weighted by Gasteiger charge is 2.27. The lowest BCUT2D eigenvalue weighted by Gasteiger charge is -2.12. The fraction of sp³-hybridized carbons (Fsp3) is 0.538. The number of benzene rings is 1. The molecule has 1 aromatic carbocycles. The lowest BCUT2D eigenvalue weighted by atomic mass is 10.2. The summed E-state index contributed by atoms with van der Waals surface area (Å²) in [5, 5.41) is 14.3. The number of nitro benzene ring substituents is 1. The molecule has 1 heterocycles. The van der Waals surface area contributed by atoms with Crippen LogP contribution < -0.4 is 10.0 Å². The molecule has 0 aromatic heterocycles. The van der Waals surface area contributed by atoms with Gasteiger partial charge in [-0.2, -0.15) is 0 Å². The number of hydrogen-bond acceptors (Lipinski definition) is 5. The summed E-state index contributed by atoms with van der Waals surface area (Å²) in [5.74, 6) is 0. The Hall–Kier alpha value is -1.22. The maximum absolute atomic E-state index is 12.3. The van der Waals surface area contributed by atoms with Gasteiger partial charge in [-0.25, -0.2) is 13.1 Å². The van der Waals surface area contributed by atoms with E-state index in [1.807, 2.05) is 0 Å². The lowest BCUT2D eigenvalue weighted by Crippen LogP contribution is -2.31. The lowest BCUT2D eigenvalue weighted by molar-refractivity contribution is -0.387. The first kappa shape index (κ1) is 18.8. The summed E-state index contributed by atoms with van der Waals surface area (Å²) in [6.07, 6.45) is 2.81. The highest BCUT2D eigenvalue weighted by atomic mass is 35.5. The van der Waals surface area contributed by atoms with Gasteiger partial charge in [-0.1, -0.05) is 12.1 Å². The smallest absolute Gasteiger partial charge is 0.289 e. The van der Waals surface area contributed by atoms with Crippen molar-refractivity contribution in [2.45, 2.75) is 37.1 Å². The Bertz CT molecular complexity index is 630. The second-order valence-electron chi connectivity index (χ2n) is 5.16. The molecule has 1 aromatic rings. The van der Waals surface area contributed by atoms with Crippen LogP contribution in [0.2, 0.25) is 0 Å². The van der Waals surface area contributed by atoms with E-state index in [0.29, 0.717) is 18.0 Å².